The number of esters is 3. The van der Waals surface area contributed by atoms with Gasteiger partial charge in [0.2, 0.25) is 0 Å². The highest BCUT2D eigenvalue weighted by atomic mass is 16.6. The van der Waals surface area contributed by atoms with E-state index in [0.29, 0.717) is 19.3 Å². The van der Waals surface area contributed by atoms with Gasteiger partial charge >= 0.3 is 17.9 Å². The summed E-state index contributed by atoms with van der Waals surface area (Å²) in [4.78, 5) is 38.1. The van der Waals surface area contributed by atoms with Gasteiger partial charge in [-0.2, -0.15) is 0 Å². The molecule has 0 aromatic carbocycles. The molecule has 0 radical (unpaired) electrons. The Kier molecular flexibility index (Phi) is 53.9. The number of carbonyl (C=O) groups excluding carboxylic acids is 3. The minimum absolute atomic E-state index is 0.105. The minimum atomic E-state index is -0.812. The molecule has 6 nitrogen and oxygen atoms in total. The SMILES string of the molecule is CC/C=C\C/C=C\C/C=C\CCCCCCCCCCCC(=O)OCC(COC(=O)CCCCCCCC/C=C\C=C/CCCCC)OC(=O)CCC/C=C\C/C=C\C/C=C\CCCCCCCC. The Bertz CT molecular complexity index is 1380. The Morgan fingerprint density at radius 2 is 0.623 bits per heavy atom. The Balaban J connectivity index is 4.48. The van der Waals surface area contributed by atoms with Crippen LogP contribution in [0, 0.1) is 0 Å². The molecule has 0 aromatic rings. The molecule has 0 aliphatic heterocycles. The minimum Gasteiger partial charge on any atom is -0.462 e. The van der Waals surface area contributed by atoms with Gasteiger partial charge in [-0.05, 0) is 109 Å². The third-order valence-electron chi connectivity index (χ3n) is 12.1. The van der Waals surface area contributed by atoms with Crippen LogP contribution in [0.4, 0.5) is 0 Å². The van der Waals surface area contributed by atoms with Crippen LogP contribution in [-0.2, 0) is 28.6 Å². The number of rotatable bonds is 51. The average Bonchev–Trinajstić information content (AvgIpc) is 3.35. The van der Waals surface area contributed by atoms with E-state index in [1.54, 1.807) is 0 Å². The van der Waals surface area contributed by atoms with E-state index < -0.39 is 6.10 Å². The number of allylic oxidation sites excluding steroid dienone is 16. The molecule has 394 valence electrons. The van der Waals surface area contributed by atoms with Crippen molar-refractivity contribution >= 4 is 17.9 Å². The van der Waals surface area contributed by atoms with Gasteiger partial charge in [-0.1, -0.05) is 234 Å². The van der Waals surface area contributed by atoms with Crippen molar-refractivity contribution in [2.75, 3.05) is 13.2 Å². The maximum atomic E-state index is 12.8. The fourth-order valence-electron chi connectivity index (χ4n) is 7.76. The maximum absolute atomic E-state index is 12.8. The molecule has 0 rings (SSSR count). The predicted molar refractivity (Wildman–Crippen MR) is 297 cm³/mol. The smallest absolute Gasteiger partial charge is 0.306 e. The lowest BCUT2D eigenvalue weighted by atomic mass is 10.1. The van der Waals surface area contributed by atoms with Gasteiger partial charge in [-0.25, -0.2) is 0 Å². The fourth-order valence-corrected chi connectivity index (χ4v) is 7.76. The number of ether oxygens (including phenoxy) is 3. The molecule has 1 atom stereocenters. The van der Waals surface area contributed by atoms with Crippen molar-refractivity contribution in [1.82, 2.24) is 0 Å². The Morgan fingerprint density at radius 3 is 1.04 bits per heavy atom. The number of carbonyl (C=O) groups is 3. The van der Waals surface area contributed by atoms with Gasteiger partial charge in [-0.15, -0.1) is 0 Å². The first kappa shape index (κ1) is 65.3. The lowest BCUT2D eigenvalue weighted by molar-refractivity contribution is -0.167. The zero-order valence-corrected chi connectivity index (χ0v) is 45.0. The molecule has 6 heteroatoms. The highest BCUT2D eigenvalue weighted by Crippen LogP contribution is 2.14. The number of unbranched alkanes of at least 4 members (excludes halogenated alkanes) is 25. The third kappa shape index (κ3) is 55.1. The monoisotopic (exact) mass is 959 g/mol. The zero-order valence-electron chi connectivity index (χ0n) is 45.0. The second-order valence-electron chi connectivity index (χ2n) is 18.8. The normalized spacial score (nSPS) is 12.8. The van der Waals surface area contributed by atoms with Crippen molar-refractivity contribution in [3.05, 3.63) is 97.2 Å². The van der Waals surface area contributed by atoms with E-state index in [-0.39, 0.29) is 37.5 Å². The van der Waals surface area contributed by atoms with E-state index in [2.05, 4.69) is 118 Å². The Hall–Kier alpha value is -3.67. The van der Waals surface area contributed by atoms with Gasteiger partial charge in [0, 0.05) is 19.3 Å². The standard InChI is InChI=1S/C63H106O6/c1-4-7-10-13-16-19-22-25-28-30-31-33-35-38-41-44-47-50-53-56-62(65)68-59-60(58-67-61(64)55-52-49-46-43-40-37-34-27-24-21-18-15-12-9-6-3)69-63(66)57-54-51-48-45-42-39-36-32-29-26-23-20-17-14-11-8-5-2/h7,10,16,18-19,21,24-29,36,39,45,48,60H,4-6,8-9,11-15,17,20,22-23,30-35,37-38,40-44,46-47,49-59H2,1-3H3/b10-7-,19-16-,21-18-,27-24-,28-25-,29-26-,39-36-,48-45-. The Labute approximate surface area is 426 Å². The van der Waals surface area contributed by atoms with Crippen LogP contribution in [0.5, 0.6) is 0 Å². The molecular weight excluding hydrogens is 853 g/mol. The molecule has 0 saturated heterocycles. The summed E-state index contributed by atoms with van der Waals surface area (Å²) in [5.41, 5.74) is 0. The van der Waals surface area contributed by atoms with Crippen LogP contribution in [0.15, 0.2) is 97.2 Å². The molecule has 0 spiro atoms. The van der Waals surface area contributed by atoms with Crippen LogP contribution in [0.25, 0.3) is 0 Å². The van der Waals surface area contributed by atoms with E-state index in [9.17, 15) is 14.4 Å². The highest BCUT2D eigenvalue weighted by Gasteiger charge is 2.19. The largest absolute Gasteiger partial charge is 0.462 e. The van der Waals surface area contributed by atoms with Crippen molar-refractivity contribution in [3.63, 3.8) is 0 Å². The molecule has 1 unspecified atom stereocenters. The van der Waals surface area contributed by atoms with Gasteiger partial charge in [0.1, 0.15) is 13.2 Å². The van der Waals surface area contributed by atoms with Crippen molar-refractivity contribution < 1.29 is 28.6 Å². The molecule has 0 aliphatic carbocycles. The van der Waals surface area contributed by atoms with E-state index in [4.69, 9.17) is 14.2 Å². The molecule has 0 saturated carbocycles. The van der Waals surface area contributed by atoms with Gasteiger partial charge in [-0.3, -0.25) is 14.4 Å². The van der Waals surface area contributed by atoms with E-state index >= 15 is 0 Å². The fraction of sp³-hybridized carbons (Fsp3) is 0.698. The molecule has 0 aliphatic rings. The quantitative estimate of drug-likeness (QED) is 0.0199. The lowest BCUT2D eigenvalue weighted by Gasteiger charge is -2.18. The molecule has 0 fully saturated rings. The molecular formula is C63H106O6. The van der Waals surface area contributed by atoms with E-state index in [0.717, 1.165) is 83.5 Å². The topological polar surface area (TPSA) is 78.9 Å². The summed E-state index contributed by atoms with van der Waals surface area (Å²) in [5, 5.41) is 0. The van der Waals surface area contributed by atoms with Crippen LogP contribution in [0.3, 0.4) is 0 Å². The van der Waals surface area contributed by atoms with Gasteiger partial charge in [0.05, 0.1) is 0 Å². The molecule has 0 N–H and O–H groups in total. The summed E-state index contributed by atoms with van der Waals surface area (Å²) < 4.78 is 16.8. The predicted octanol–water partition coefficient (Wildman–Crippen LogP) is 19.3. The average molecular weight is 960 g/mol. The summed E-state index contributed by atoms with van der Waals surface area (Å²) in [7, 11) is 0. The van der Waals surface area contributed by atoms with Crippen molar-refractivity contribution in [2.45, 2.75) is 271 Å². The molecule has 0 bridgehead atoms. The molecule has 0 aromatic heterocycles. The lowest BCUT2D eigenvalue weighted by Crippen LogP contribution is -2.30. The first-order valence-electron chi connectivity index (χ1n) is 28.8. The van der Waals surface area contributed by atoms with Crippen LogP contribution >= 0.6 is 0 Å². The van der Waals surface area contributed by atoms with Crippen molar-refractivity contribution in [1.29, 1.82) is 0 Å². The second kappa shape index (κ2) is 56.9. The molecule has 0 heterocycles. The first-order valence-corrected chi connectivity index (χ1v) is 28.8. The molecule has 69 heavy (non-hydrogen) atoms. The van der Waals surface area contributed by atoms with E-state index in [1.165, 1.54) is 135 Å². The second-order valence-corrected chi connectivity index (χ2v) is 18.8. The highest BCUT2D eigenvalue weighted by molar-refractivity contribution is 5.71. The third-order valence-corrected chi connectivity index (χ3v) is 12.1. The Morgan fingerprint density at radius 1 is 0.319 bits per heavy atom. The van der Waals surface area contributed by atoms with Crippen LogP contribution in [0.2, 0.25) is 0 Å². The zero-order chi connectivity index (χ0) is 50.0. The van der Waals surface area contributed by atoms with Crippen molar-refractivity contribution in [3.8, 4) is 0 Å². The summed E-state index contributed by atoms with van der Waals surface area (Å²) in [6.07, 6.45) is 75.4. The van der Waals surface area contributed by atoms with Gasteiger partial charge in [0.15, 0.2) is 6.10 Å². The van der Waals surface area contributed by atoms with Crippen LogP contribution in [0.1, 0.15) is 265 Å². The van der Waals surface area contributed by atoms with Gasteiger partial charge in [0.25, 0.3) is 0 Å². The summed E-state index contributed by atoms with van der Waals surface area (Å²) >= 11 is 0. The van der Waals surface area contributed by atoms with Gasteiger partial charge < -0.3 is 14.2 Å². The summed E-state index contributed by atoms with van der Waals surface area (Å²) in [5.74, 6) is -0.972. The number of hydrogen-bond donors (Lipinski definition) is 0. The maximum Gasteiger partial charge on any atom is 0.306 e. The molecule has 0 amide bonds. The van der Waals surface area contributed by atoms with Crippen LogP contribution in [-0.4, -0.2) is 37.2 Å². The number of hydrogen-bond acceptors (Lipinski definition) is 6. The summed E-state index contributed by atoms with van der Waals surface area (Å²) in [6, 6.07) is 0. The first-order chi connectivity index (χ1) is 34.0. The van der Waals surface area contributed by atoms with Crippen molar-refractivity contribution in [2.24, 2.45) is 0 Å². The van der Waals surface area contributed by atoms with Crippen LogP contribution < -0.4 is 0 Å². The van der Waals surface area contributed by atoms with E-state index in [1.807, 2.05) is 0 Å². The summed E-state index contributed by atoms with van der Waals surface area (Å²) in [6.45, 7) is 6.44.